The minimum atomic E-state index is -1.35. The van der Waals surface area contributed by atoms with Crippen LogP contribution in [-0.4, -0.2) is 77.8 Å². The number of esters is 2. The van der Waals surface area contributed by atoms with Crippen LogP contribution in [0, 0.1) is 5.92 Å². The lowest BCUT2D eigenvalue weighted by Gasteiger charge is -2.40. The van der Waals surface area contributed by atoms with Crippen molar-refractivity contribution in [2.24, 2.45) is 5.92 Å². The van der Waals surface area contributed by atoms with E-state index in [2.05, 4.69) is 74.6 Å². The van der Waals surface area contributed by atoms with Gasteiger partial charge in [0, 0.05) is 18.8 Å². The van der Waals surface area contributed by atoms with Crippen LogP contribution < -0.4 is 0 Å². The smallest absolute Gasteiger partial charge is 0.306 e. The topological polar surface area (TPSA) is 132 Å². The average Bonchev–Trinajstić information content (AvgIpc) is 3.15. The number of carbonyl (C=O) groups excluding carboxylic acids is 2. The second kappa shape index (κ2) is 34.0. The summed E-state index contributed by atoms with van der Waals surface area (Å²) in [6.45, 7) is 5.28. The Labute approximate surface area is 321 Å². The molecule has 1 aliphatic heterocycles. The molecule has 1 heterocycles. The molecule has 3 N–H and O–H groups in total. The van der Waals surface area contributed by atoms with Gasteiger partial charge < -0.3 is 34.3 Å². The van der Waals surface area contributed by atoms with Crippen molar-refractivity contribution in [1.82, 2.24) is 0 Å². The molecular weight excluding hydrogens is 672 g/mol. The van der Waals surface area contributed by atoms with Crippen molar-refractivity contribution in [3.05, 3.63) is 60.8 Å². The highest BCUT2D eigenvalue weighted by atomic mass is 16.7. The van der Waals surface area contributed by atoms with E-state index in [9.17, 15) is 24.9 Å². The lowest BCUT2D eigenvalue weighted by Crippen LogP contribution is -2.55. The Morgan fingerprint density at radius 3 is 1.70 bits per heavy atom. The third-order valence-corrected chi connectivity index (χ3v) is 9.31. The third kappa shape index (κ3) is 26.0. The Bertz CT molecular complexity index is 1050. The van der Waals surface area contributed by atoms with Gasteiger partial charge in [-0.15, -0.1) is 0 Å². The van der Waals surface area contributed by atoms with E-state index in [1.807, 2.05) is 0 Å². The van der Waals surface area contributed by atoms with Crippen molar-refractivity contribution in [3.63, 3.8) is 0 Å². The van der Waals surface area contributed by atoms with Crippen LogP contribution in [-0.2, 0) is 28.5 Å². The van der Waals surface area contributed by atoms with Gasteiger partial charge in [-0.3, -0.25) is 9.59 Å². The van der Waals surface area contributed by atoms with Gasteiger partial charge >= 0.3 is 11.9 Å². The van der Waals surface area contributed by atoms with Gasteiger partial charge in [0.1, 0.15) is 12.7 Å². The van der Waals surface area contributed by atoms with E-state index < -0.39 is 48.6 Å². The monoisotopic (exact) mass is 747 g/mol. The first-order chi connectivity index (χ1) is 25.8. The molecular formula is C44H74O9. The molecule has 1 rings (SSSR count). The normalized spacial score (nSPS) is 21.5. The Balaban J connectivity index is 2.42. The zero-order valence-electron chi connectivity index (χ0n) is 33.3. The average molecular weight is 747 g/mol. The number of allylic oxidation sites excluding steroid dienone is 10. The molecule has 1 fully saturated rings. The van der Waals surface area contributed by atoms with E-state index in [0.717, 1.165) is 51.4 Å². The fourth-order valence-electron chi connectivity index (χ4n) is 5.90. The maximum absolute atomic E-state index is 12.7. The third-order valence-electron chi connectivity index (χ3n) is 9.31. The summed E-state index contributed by atoms with van der Waals surface area (Å²) in [4.78, 5) is 25.2. The molecule has 9 heteroatoms. The number of rotatable bonds is 32. The molecule has 0 radical (unpaired) electrons. The summed E-state index contributed by atoms with van der Waals surface area (Å²) < 4.78 is 22.5. The van der Waals surface area contributed by atoms with E-state index in [1.165, 1.54) is 51.4 Å². The summed E-state index contributed by atoms with van der Waals surface area (Å²) in [7, 11) is 0. The summed E-state index contributed by atoms with van der Waals surface area (Å²) in [5.74, 6) is -1.30. The van der Waals surface area contributed by atoms with Crippen molar-refractivity contribution in [3.8, 4) is 0 Å². The molecule has 304 valence electrons. The van der Waals surface area contributed by atoms with Gasteiger partial charge in [0.2, 0.25) is 0 Å². The minimum Gasteiger partial charge on any atom is -0.462 e. The number of carbonyl (C=O) groups is 2. The number of aliphatic hydroxyl groups excluding tert-OH is 3. The minimum absolute atomic E-state index is 0.199. The summed E-state index contributed by atoms with van der Waals surface area (Å²) in [6.07, 6.45) is 35.6. The van der Waals surface area contributed by atoms with Gasteiger partial charge in [0.05, 0.1) is 25.4 Å². The molecule has 0 aliphatic carbocycles. The highest BCUT2D eigenvalue weighted by molar-refractivity contribution is 5.70. The van der Waals surface area contributed by atoms with E-state index in [0.29, 0.717) is 12.8 Å². The molecule has 6 unspecified atom stereocenters. The van der Waals surface area contributed by atoms with Crippen LogP contribution in [0.2, 0.25) is 0 Å². The first-order valence-corrected chi connectivity index (χ1v) is 20.7. The van der Waals surface area contributed by atoms with E-state index in [-0.39, 0.29) is 32.7 Å². The fraction of sp³-hybridized carbons (Fsp3) is 0.727. The molecule has 53 heavy (non-hydrogen) atoms. The van der Waals surface area contributed by atoms with Gasteiger partial charge in [-0.2, -0.15) is 0 Å². The Kier molecular flexibility index (Phi) is 31.1. The van der Waals surface area contributed by atoms with Crippen LogP contribution >= 0.6 is 0 Å². The van der Waals surface area contributed by atoms with Crippen LogP contribution in [0.3, 0.4) is 0 Å². The second-order valence-corrected chi connectivity index (χ2v) is 14.1. The van der Waals surface area contributed by atoms with E-state index in [1.54, 1.807) is 6.92 Å². The largest absolute Gasteiger partial charge is 0.462 e. The molecule has 1 saturated heterocycles. The molecule has 0 spiro atoms. The molecule has 0 saturated carbocycles. The molecule has 0 aromatic carbocycles. The zero-order valence-corrected chi connectivity index (χ0v) is 33.3. The number of aliphatic hydroxyl groups is 3. The zero-order chi connectivity index (χ0) is 38.8. The van der Waals surface area contributed by atoms with Crippen LogP contribution in [0.15, 0.2) is 60.8 Å². The predicted molar refractivity (Wildman–Crippen MR) is 213 cm³/mol. The van der Waals surface area contributed by atoms with Gasteiger partial charge in [0.25, 0.3) is 0 Å². The van der Waals surface area contributed by atoms with Crippen LogP contribution in [0.25, 0.3) is 0 Å². The van der Waals surface area contributed by atoms with Gasteiger partial charge in [-0.05, 0) is 51.4 Å². The predicted octanol–water partition coefficient (Wildman–Crippen LogP) is 9.16. The Morgan fingerprint density at radius 1 is 0.642 bits per heavy atom. The molecule has 0 aromatic heterocycles. The summed E-state index contributed by atoms with van der Waals surface area (Å²) in [6, 6.07) is 0. The fourth-order valence-corrected chi connectivity index (χ4v) is 5.90. The highest BCUT2D eigenvalue weighted by Crippen LogP contribution is 2.26. The van der Waals surface area contributed by atoms with E-state index >= 15 is 0 Å². The molecule has 6 atom stereocenters. The number of hydrogen-bond donors (Lipinski definition) is 3. The van der Waals surface area contributed by atoms with E-state index in [4.69, 9.17) is 18.9 Å². The van der Waals surface area contributed by atoms with Gasteiger partial charge in [0.15, 0.2) is 12.4 Å². The maximum atomic E-state index is 12.7. The van der Waals surface area contributed by atoms with Crippen molar-refractivity contribution in [2.45, 2.75) is 180 Å². The Morgan fingerprint density at radius 2 is 1.15 bits per heavy atom. The van der Waals surface area contributed by atoms with Gasteiger partial charge in [-0.25, -0.2) is 0 Å². The standard InChI is InChI=1S/C44H74O9/c1-4-6-8-10-12-14-16-17-18-19-20-21-23-24-26-28-30-32-40(46)50-35-38(36-51-44-43(49)42(48)37(3)39(34-45)53-44)52-41(47)33-31-29-27-25-22-15-13-11-9-7-5-2/h6,8,12,14,17-18,20-21,24,26,37-39,42-45,48-49H,4-5,7,9-11,13,15-16,19,22-23,25,27-36H2,1-3H3/b8-6-,14-12-,18-17-,21-20-,26-24-. The summed E-state index contributed by atoms with van der Waals surface area (Å²) >= 11 is 0. The van der Waals surface area contributed by atoms with Crippen molar-refractivity contribution >= 4 is 11.9 Å². The van der Waals surface area contributed by atoms with Crippen molar-refractivity contribution in [1.29, 1.82) is 0 Å². The molecule has 9 nitrogen and oxygen atoms in total. The Hall–Kier alpha value is -2.56. The quantitative estimate of drug-likeness (QED) is 0.0350. The highest BCUT2D eigenvalue weighted by Gasteiger charge is 2.42. The number of ether oxygens (including phenoxy) is 4. The molecule has 0 aromatic rings. The first-order valence-electron chi connectivity index (χ1n) is 20.7. The maximum Gasteiger partial charge on any atom is 0.306 e. The molecule has 0 bridgehead atoms. The molecule has 0 amide bonds. The van der Waals surface area contributed by atoms with Gasteiger partial charge in [-0.1, -0.05) is 146 Å². The van der Waals surface area contributed by atoms with Crippen molar-refractivity contribution < 1.29 is 43.9 Å². The summed E-state index contributed by atoms with van der Waals surface area (Å²) in [5, 5.41) is 30.5. The first kappa shape index (κ1) is 48.5. The SMILES string of the molecule is CC/C=C\C/C=C\C/C=C\C/C=C\C/C=C\CCCC(=O)OCC(COC1OC(CO)C(C)C(O)C1O)OC(=O)CCCCCCCCCCCCC. The lowest BCUT2D eigenvalue weighted by atomic mass is 9.91. The van der Waals surface area contributed by atoms with Crippen LogP contribution in [0.4, 0.5) is 0 Å². The number of unbranched alkanes of at least 4 members (excludes halogenated alkanes) is 11. The van der Waals surface area contributed by atoms with Crippen LogP contribution in [0.1, 0.15) is 149 Å². The number of hydrogen-bond acceptors (Lipinski definition) is 9. The van der Waals surface area contributed by atoms with Crippen LogP contribution in [0.5, 0.6) is 0 Å². The van der Waals surface area contributed by atoms with Crippen molar-refractivity contribution in [2.75, 3.05) is 19.8 Å². The second-order valence-electron chi connectivity index (χ2n) is 14.1. The summed E-state index contributed by atoms with van der Waals surface area (Å²) in [5.41, 5.74) is 0. The molecule has 1 aliphatic rings. The lowest BCUT2D eigenvalue weighted by molar-refractivity contribution is -0.293.